The van der Waals surface area contributed by atoms with Crippen LogP contribution in [0.5, 0.6) is 5.75 Å². The molecule has 0 unspecified atom stereocenters. The molecule has 30 heavy (non-hydrogen) atoms. The van der Waals surface area contributed by atoms with Crippen LogP contribution >= 0.6 is 0 Å². The lowest BCUT2D eigenvalue weighted by Crippen LogP contribution is -2.17. The molecule has 0 saturated heterocycles. The van der Waals surface area contributed by atoms with E-state index < -0.39 is 11.8 Å². The molecule has 5 nitrogen and oxygen atoms in total. The van der Waals surface area contributed by atoms with Crippen LogP contribution in [0.25, 0.3) is 22.0 Å². The summed E-state index contributed by atoms with van der Waals surface area (Å²) in [6, 6.07) is 20.5. The number of carbonyl (C=O) groups is 2. The smallest absolute Gasteiger partial charge is 0.335 e. The molecule has 0 fully saturated rings. The highest BCUT2D eigenvalue weighted by Crippen LogP contribution is 2.25. The van der Waals surface area contributed by atoms with Crippen molar-refractivity contribution in [2.75, 3.05) is 6.61 Å². The van der Waals surface area contributed by atoms with E-state index in [4.69, 9.17) is 9.84 Å². The van der Waals surface area contributed by atoms with E-state index in [1.807, 2.05) is 30.3 Å². The van der Waals surface area contributed by atoms with Crippen molar-refractivity contribution < 1.29 is 23.8 Å². The van der Waals surface area contributed by atoms with E-state index in [2.05, 4.69) is 0 Å². The van der Waals surface area contributed by atoms with Crippen LogP contribution in [0.1, 0.15) is 10.4 Å². The normalized spacial score (nSPS) is 10.8. The lowest BCUT2D eigenvalue weighted by Gasteiger charge is -2.10. The predicted molar refractivity (Wildman–Crippen MR) is 111 cm³/mol. The second-order valence-electron chi connectivity index (χ2n) is 6.86. The number of ether oxygens (including phenoxy) is 1. The van der Waals surface area contributed by atoms with Crippen LogP contribution < -0.4 is 4.74 Å². The first-order valence-electron chi connectivity index (χ1n) is 9.33. The zero-order chi connectivity index (χ0) is 21.1. The molecule has 1 N–H and O–H groups in total. The van der Waals surface area contributed by atoms with E-state index in [0.29, 0.717) is 0 Å². The van der Waals surface area contributed by atoms with Gasteiger partial charge in [0.15, 0.2) is 17.3 Å². The average Bonchev–Trinajstić information content (AvgIpc) is 3.15. The van der Waals surface area contributed by atoms with Gasteiger partial charge < -0.3 is 14.4 Å². The molecule has 0 amide bonds. The Morgan fingerprint density at radius 2 is 1.73 bits per heavy atom. The van der Waals surface area contributed by atoms with Gasteiger partial charge in [-0.3, -0.25) is 4.79 Å². The average molecular weight is 403 g/mol. The Balaban J connectivity index is 1.42. The van der Waals surface area contributed by atoms with Gasteiger partial charge in [-0.2, -0.15) is 0 Å². The summed E-state index contributed by atoms with van der Waals surface area (Å²) in [6.07, 6.45) is 1.71. The molecule has 0 atom stereocenters. The maximum absolute atomic E-state index is 14.4. The Hall–Kier alpha value is -3.93. The number of aromatic carboxylic acids is 1. The minimum Gasteiger partial charge on any atom is -0.483 e. The number of ketones is 1. The molecule has 6 heteroatoms. The first-order valence-corrected chi connectivity index (χ1v) is 9.33. The van der Waals surface area contributed by atoms with E-state index in [9.17, 15) is 14.0 Å². The SMILES string of the molecule is O=C(COc1ccc(-c2ccccc2)cc1F)Cn1ccc2cc(C(=O)O)ccc21. The van der Waals surface area contributed by atoms with E-state index in [-0.39, 0.29) is 30.2 Å². The second-order valence-corrected chi connectivity index (χ2v) is 6.86. The number of hydrogen-bond acceptors (Lipinski definition) is 3. The van der Waals surface area contributed by atoms with Gasteiger partial charge in [0.1, 0.15) is 6.61 Å². The molecule has 150 valence electrons. The maximum Gasteiger partial charge on any atom is 0.335 e. The van der Waals surface area contributed by atoms with Crippen LogP contribution in [-0.2, 0) is 11.3 Å². The van der Waals surface area contributed by atoms with Gasteiger partial charge in [-0.1, -0.05) is 36.4 Å². The molecule has 0 spiro atoms. The molecular weight excluding hydrogens is 385 g/mol. The van der Waals surface area contributed by atoms with Crippen molar-refractivity contribution in [3.8, 4) is 16.9 Å². The van der Waals surface area contributed by atoms with Crippen LogP contribution in [0.2, 0.25) is 0 Å². The Bertz CT molecular complexity index is 1230. The molecule has 1 aromatic heterocycles. The van der Waals surface area contributed by atoms with E-state index in [0.717, 1.165) is 22.0 Å². The number of fused-ring (bicyclic) bond motifs is 1. The monoisotopic (exact) mass is 403 g/mol. The first-order chi connectivity index (χ1) is 14.5. The van der Waals surface area contributed by atoms with Gasteiger partial charge >= 0.3 is 5.97 Å². The number of Topliss-reactive ketones (excluding diaryl/α,β-unsaturated/α-hetero) is 1. The van der Waals surface area contributed by atoms with Gasteiger partial charge in [0.05, 0.1) is 12.1 Å². The summed E-state index contributed by atoms with van der Waals surface area (Å²) in [7, 11) is 0. The summed E-state index contributed by atoms with van der Waals surface area (Å²) in [5.41, 5.74) is 2.55. The third-order valence-electron chi connectivity index (χ3n) is 4.79. The number of benzene rings is 3. The molecule has 0 radical (unpaired) electrons. The molecule has 3 aromatic carbocycles. The van der Waals surface area contributed by atoms with Crippen LogP contribution in [-0.4, -0.2) is 28.0 Å². The van der Waals surface area contributed by atoms with Gasteiger partial charge in [-0.05, 0) is 47.5 Å². The van der Waals surface area contributed by atoms with Crippen LogP contribution in [0.15, 0.2) is 79.0 Å². The van der Waals surface area contributed by atoms with Gasteiger partial charge in [-0.15, -0.1) is 0 Å². The van der Waals surface area contributed by atoms with Gasteiger partial charge in [0.25, 0.3) is 0 Å². The molecule has 1 heterocycles. The first kappa shape index (κ1) is 19.4. The van der Waals surface area contributed by atoms with Crippen molar-refractivity contribution in [1.82, 2.24) is 4.57 Å². The molecular formula is C24H18FNO4. The summed E-state index contributed by atoms with van der Waals surface area (Å²) in [4.78, 5) is 23.4. The maximum atomic E-state index is 14.4. The van der Waals surface area contributed by atoms with Gasteiger partial charge in [0.2, 0.25) is 0 Å². The summed E-state index contributed by atoms with van der Waals surface area (Å²) in [6.45, 7) is -0.228. The number of nitrogens with zero attached hydrogens (tertiary/aromatic N) is 1. The highest BCUT2D eigenvalue weighted by atomic mass is 19.1. The van der Waals surface area contributed by atoms with Crippen molar-refractivity contribution >= 4 is 22.7 Å². The van der Waals surface area contributed by atoms with Gasteiger partial charge in [0, 0.05) is 17.1 Å². The molecule has 0 aliphatic heterocycles. The molecule has 0 aliphatic carbocycles. The summed E-state index contributed by atoms with van der Waals surface area (Å²) in [5.74, 6) is -1.75. The fourth-order valence-electron chi connectivity index (χ4n) is 3.29. The van der Waals surface area contributed by atoms with Crippen molar-refractivity contribution in [2.45, 2.75) is 6.54 Å². The minimum atomic E-state index is -1.01. The van der Waals surface area contributed by atoms with Crippen LogP contribution in [0.3, 0.4) is 0 Å². The third-order valence-corrected chi connectivity index (χ3v) is 4.79. The number of aromatic nitrogens is 1. The lowest BCUT2D eigenvalue weighted by molar-refractivity contribution is -0.121. The summed E-state index contributed by atoms with van der Waals surface area (Å²) < 4.78 is 21.5. The molecule has 4 aromatic rings. The Morgan fingerprint density at radius 1 is 0.933 bits per heavy atom. The number of carbonyl (C=O) groups excluding carboxylic acids is 1. The summed E-state index contributed by atoms with van der Waals surface area (Å²) in [5, 5.41) is 9.80. The largest absolute Gasteiger partial charge is 0.483 e. The van der Waals surface area contributed by atoms with Crippen molar-refractivity contribution in [3.05, 3.63) is 90.4 Å². The standard InChI is InChI=1S/C24H18FNO4/c25-21-13-17(16-4-2-1-3-5-16)7-9-23(21)30-15-20(27)14-26-11-10-18-12-19(24(28)29)6-8-22(18)26/h1-13H,14-15H2,(H,28,29). The molecule has 0 aliphatic rings. The lowest BCUT2D eigenvalue weighted by atomic mass is 10.1. The third kappa shape index (κ3) is 4.07. The zero-order valence-electron chi connectivity index (χ0n) is 15.9. The van der Waals surface area contributed by atoms with Crippen molar-refractivity contribution in [1.29, 1.82) is 0 Å². The fourth-order valence-corrected chi connectivity index (χ4v) is 3.29. The highest BCUT2D eigenvalue weighted by Gasteiger charge is 2.12. The number of rotatable bonds is 7. The van der Waals surface area contributed by atoms with Crippen LogP contribution in [0, 0.1) is 5.82 Å². The molecule has 0 bridgehead atoms. The number of hydrogen-bond donors (Lipinski definition) is 1. The predicted octanol–water partition coefficient (Wildman–Crippen LogP) is 4.79. The second kappa shape index (κ2) is 8.21. The van der Waals surface area contributed by atoms with E-state index in [1.165, 1.54) is 18.2 Å². The van der Waals surface area contributed by atoms with Gasteiger partial charge in [-0.25, -0.2) is 9.18 Å². The zero-order valence-corrected chi connectivity index (χ0v) is 15.9. The number of carboxylic acid groups (broad SMARTS) is 1. The number of carboxylic acids is 1. The summed E-state index contributed by atoms with van der Waals surface area (Å²) >= 11 is 0. The van der Waals surface area contributed by atoms with Crippen molar-refractivity contribution in [2.24, 2.45) is 0 Å². The molecule has 0 saturated carbocycles. The highest BCUT2D eigenvalue weighted by molar-refractivity contribution is 5.94. The van der Waals surface area contributed by atoms with E-state index in [1.54, 1.807) is 35.0 Å². The Labute approximate surface area is 172 Å². The van der Waals surface area contributed by atoms with Crippen LogP contribution in [0.4, 0.5) is 4.39 Å². The number of halogens is 1. The quantitative estimate of drug-likeness (QED) is 0.482. The van der Waals surface area contributed by atoms with E-state index >= 15 is 0 Å². The topological polar surface area (TPSA) is 68.5 Å². The van der Waals surface area contributed by atoms with Crippen molar-refractivity contribution in [3.63, 3.8) is 0 Å². The Morgan fingerprint density at radius 3 is 2.47 bits per heavy atom. The Kier molecular flexibility index (Phi) is 5.30. The minimum absolute atomic E-state index is 0.0199. The molecule has 4 rings (SSSR count). The fraction of sp³-hybridized carbons (Fsp3) is 0.0833.